The van der Waals surface area contributed by atoms with Crippen LogP contribution in [0.4, 0.5) is 14.9 Å². The number of nitrogens with one attached hydrogen (secondary N) is 2. The second-order valence-corrected chi connectivity index (χ2v) is 8.96. The van der Waals surface area contributed by atoms with Crippen molar-refractivity contribution in [1.29, 1.82) is 0 Å². The number of halogens is 1. The molecule has 156 valence electrons. The molecule has 2 amide bonds. The summed E-state index contributed by atoms with van der Waals surface area (Å²) in [6, 6.07) is 11.6. The summed E-state index contributed by atoms with van der Waals surface area (Å²) in [5.74, 6) is -0.373. The predicted octanol–water partition coefficient (Wildman–Crippen LogP) is 2.47. The minimum atomic E-state index is -3.63. The van der Waals surface area contributed by atoms with Gasteiger partial charge in [-0.1, -0.05) is 18.2 Å². The number of likely N-dealkylation sites (N-methyl/N-ethyl adjacent to an activating group) is 1. The molecule has 0 atom stereocenters. The highest BCUT2D eigenvalue weighted by molar-refractivity contribution is 7.89. The van der Waals surface area contributed by atoms with Crippen LogP contribution >= 0.6 is 0 Å². The maximum atomic E-state index is 13.2. The number of hydrogen-bond donors (Lipinski definition) is 2. The van der Waals surface area contributed by atoms with Crippen LogP contribution in [0, 0.1) is 5.82 Å². The van der Waals surface area contributed by atoms with Gasteiger partial charge in [0.2, 0.25) is 10.0 Å². The van der Waals surface area contributed by atoms with Crippen LogP contribution in [0.15, 0.2) is 53.4 Å². The molecule has 0 aliphatic carbocycles. The zero-order chi connectivity index (χ0) is 20.9. The minimum absolute atomic E-state index is 0.144. The van der Waals surface area contributed by atoms with Crippen LogP contribution < -0.4 is 10.6 Å². The van der Waals surface area contributed by atoms with Gasteiger partial charge in [-0.25, -0.2) is 17.6 Å². The Balaban J connectivity index is 1.64. The fourth-order valence-corrected chi connectivity index (χ4v) is 4.67. The molecule has 2 aromatic rings. The predicted molar refractivity (Wildman–Crippen MR) is 110 cm³/mol. The van der Waals surface area contributed by atoms with Crippen molar-refractivity contribution >= 4 is 21.7 Å². The number of anilines is 1. The molecule has 7 nitrogen and oxygen atoms in total. The van der Waals surface area contributed by atoms with E-state index in [1.165, 1.54) is 28.6 Å². The molecule has 1 aliphatic heterocycles. The third kappa shape index (κ3) is 5.75. The Labute approximate surface area is 170 Å². The Hall–Kier alpha value is -2.49. The van der Waals surface area contributed by atoms with Crippen LogP contribution in [0.3, 0.4) is 0 Å². The largest absolute Gasteiger partial charge is 0.334 e. The normalized spacial score (nSPS) is 16.2. The molecule has 0 aromatic heterocycles. The number of carbonyl (C=O) groups is 1. The molecule has 0 spiro atoms. The lowest BCUT2D eigenvalue weighted by Gasteiger charge is -2.20. The summed E-state index contributed by atoms with van der Waals surface area (Å²) in [6.07, 6.45) is 0.774. The van der Waals surface area contributed by atoms with E-state index in [-0.39, 0.29) is 17.3 Å². The summed E-state index contributed by atoms with van der Waals surface area (Å²) in [7, 11) is -1.66. The first-order valence-corrected chi connectivity index (χ1v) is 10.9. The number of nitrogens with zero attached hydrogens (tertiary/aromatic N) is 2. The van der Waals surface area contributed by atoms with Gasteiger partial charge in [0.25, 0.3) is 0 Å². The van der Waals surface area contributed by atoms with Gasteiger partial charge in [0.1, 0.15) is 5.82 Å². The van der Waals surface area contributed by atoms with E-state index in [0.717, 1.165) is 13.0 Å². The average molecular weight is 421 g/mol. The van der Waals surface area contributed by atoms with Gasteiger partial charge >= 0.3 is 6.03 Å². The molecule has 1 heterocycles. The number of carbonyl (C=O) groups excluding carboxylic acids is 1. The van der Waals surface area contributed by atoms with Crippen LogP contribution in [0.1, 0.15) is 12.0 Å². The highest BCUT2D eigenvalue weighted by Gasteiger charge is 2.26. The maximum absolute atomic E-state index is 13.2. The van der Waals surface area contributed by atoms with E-state index in [1.807, 2.05) is 7.05 Å². The van der Waals surface area contributed by atoms with Crippen molar-refractivity contribution < 1.29 is 17.6 Å². The summed E-state index contributed by atoms with van der Waals surface area (Å²) >= 11 is 0. The Morgan fingerprint density at radius 1 is 1.07 bits per heavy atom. The van der Waals surface area contributed by atoms with Crippen molar-refractivity contribution in [1.82, 2.24) is 14.5 Å². The number of amides is 2. The fraction of sp³-hybridized carbons (Fsp3) is 0.350. The summed E-state index contributed by atoms with van der Waals surface area (Å²) in [5.41, 5.74) is 0.998. The topological polar surface area (TPSA) is 81.8 Å². The van der Waals surface area contributed by atoms with Crippen molar-refractivity contribution in [3.8, 4) is 0 Å². The summed E-state index contributed by atoms with van der Waals surface area (Å²) in [5, 5.41) is 5.25. The number of urea groups is 1. The number of benzene rings is 2. The molecular formula is C20H25FN4O3S. The zero-order valence-corrected chi connectivity index (χ0v) is 17.1. The average Bonchev–Trinajstić information content (AvgIpc) is 2.92. The van der Waals surface area contributed by atoms with E-state index in [0.29, 0.717) is 30.9 Å². The number of hydrogen-bond acceptors (Lipinski definition) is 4. The lowest BCUT2D eigenvalue weighted by Crippen LogP contribution is -2.34. The van der Waals surface area contributed by atoms with Gasteiger partial charge in [0.05, 0.1) is 4.90 Å². The van der Waals surface area contributed by atoms with Crippen molar-refractivity contribution in [3.05, 3.63) is 59.9 Å². The highest BCUT2D eigenvalue weighted by atomic mass is 32.2. The first-order chi connectivity index (χ1) is 13.8. The van der Waals surface area contributed by atoms with E-state index in [2.05, 4.69) is 15.5 Å². The number of sulfonamides is 1. The van der Waals surface area contributed by atoms with E-state index in [4.69, 9.17) is 0 Å². The molecule has 1 aliphatic rings. The first-order valence-electron chi connectivity index (χ1n) is 9.43. The van der Waals surface area contributed by atoms with Gasteiger partial charge in [-0.05, 0) is 55.9 Å². The van der Waals surface area contributed by atoms with Crippen LogP contribution in [0.5, 0.6) is 0 Å². The van der Waals surface area contributed by atoms with Gasteiger partial charge in [-0.3, -0.25) is 0 Å². The van der Waals surface area contributed by atoms with Crippen LogP contribution in [0.25, 0.3) is 0 Å². The van der Waals surface area contributed by atoms with Gasteiger partial charge < -0.3 is 15.5 Å². The Kier molecular flexibility index (Phi) is 6.83. The Morgan fingerprint density at radius 2 is 1.86 bits per heavy atom. The fourth-order valence-electron chi connectivity index (χ4n) is 3.15. The first kappa shape index (κ1) is 21.2. The molecule has 2 aromatic carbocycles. The van der Waals surface area contributed by atoms with E-state index >= 15 is 0 Å². The Bertz CT molecular complexity index is 968. The zero-order valence-electron chi connectivity index (χ0n) is 16.3. The van der Waals surface area contributed by atoms with Crippen LogP contribution in [-0.4, -0.2) is 56.9 Å². The molecule has 0 bridgehead atoms. The smallest absolute Gasteiger partial charge is 0.319 e. The molecule has 29 heavy (non-hydrogen) atoms. The molecule has 1 saturated heterocycles. The van der Waals surface area contributed by atoms with Crippen LogP contribution in [-0.2, 0) is 16.6 Å². The van der Waals surface area contributed by atoms with Crippen molar-refractivity contribution in [2.24, 2.45) is 0 Å². The second-order valence-electron chi connectivity index (χ2n) is 7.03. The van der Waals surface area contributed by atoms with E-state index in [9.17, 15) is 17.6 Å². The van der Waals surface area contributed by atoms with Gasteiger partial charge in [0.15, 0.2) is 0 Å². The van der Waals surface area contributed by atoms with Gasteiger partial charge in [-0.2, -0.15) is 4.31 Å². The molecule has 0 unspecified atom stereocenters. The summed E-state index contributed by atoms with van der Waals surface area (Å²) in [4.78, 5) is 14.4. The van der Waals surface area contributed by atoms with Crippen molar-refractivity contribution in [3.63, 3.8) is 0 Å². The SMILES string of the molecule is CN1CCCN(S(=O)(=O)c2cccc(NC(=O)NCc3cccc(F)c3)c2)CC1. The Morgan fingerprint density at radius 3 is 2.66 bits per heavy atom. The molecule has 2 N–H and O–H groups in total. The maximum Gasteiger partial charge on any atom is 0.319 e. The standard InChI is InChI=1S/C20H25FN4O3S/c1-24-9-4-10-25(12-11-24)29(27,28)19-8-3-7-18(14-19)23-20(26)22-15-16-5-2-6-17(21)13-16/h2-3,5-8,13-14H,4,9-12,15H2,1H3,(H2,22,23,26). The van der Waals surface area contributed by atoms with Gasteiger partial charge in [0, 0.05) is 31.9 Å². The molecule has 3 rings (SSSR count). The lowest BCUT2D eigenvalue weighted by molar-refractivity contribution is 0.251. The monoisotopic (exact) mass is 420 g/mol. The number of rotatable bonds is 5. The molecule has 0 radical (unpaired) electrons. The molecule has 9 heteroatoms. The van der Waals surface area contributed by atoms with Crippen molar-refractivity contribution in [2.75, 3.05) is 38.5 Å². The third-order valence-corrected chi connectivity index (χ3v) is 6.64. The molecular weight excluding hydrogens is 395 g/mol. The molecule has 1 fully saturated rings. The second kappa shape index (κ2) is 9.34. The van der Waals surface area contributed by atoms with Crippen molar-refractivity contribution in [2.45, 2.75) is 17.9 Å². The highest BCUT2D eigenvalue weighted by Crippen LogP contribution is 2.21. The third-order valence-electron chi connectivity index (χ3n) is 4.75. The minimum Gasteiger partial charge on any atom is -0.334 e. The van der Waals surface area contributed by atoms with Gasteiger partial charge in [-0.15, -0.1) is 0 Å². The summed E-state index contributed by atoms with van der Waals surface area (Å²) < 4.78 is 40.6. The summed E-state index contributed by atoms with van der Waals surface area (Å²) in [6.45, 7) is 2.60. The molecule has 0 saturated carbocycles. The van der Waals surface area contributed by atoms with E-state index in [1.54, 1.807) is 24.3 Å². The quantitative estimate of drug-likeness (QED) is 0.779. The van der Waals surface area contributed by atoms with Crippen LogP contribution in [0.2, 0.25) is 0 Å². The van der Waals surface area contributed by atoms with E-state index < -0.39 is 16.1 Å². The lowest BCUT2D eigenvalue weighted by atomic mass is 10.2.